The number of alkyl halides is 1. The molecule has 0 bridgehead atoms. The predicted octanol–water partition coefficient (Wildman–Crippen LogP) is 4.28. The fourth-order valence-electron chi connectivity index (χ4n) is 1.25. The molecule has 0 radical (unpaired) electrons. The Bertz CT molecular complexity index is 481. The second-order valence-electron chi connectivity index (χ2n) is 3.22. The van der Waals surface area contributed by atoms with Crippen molar-refractivity contribution in [3.63, 3.8) is 0 Å². The van der Waals surface area contributed by atoms with Gasteiger partial charge in [0, 0.05) is 17.7 Å². The summed E-state index contributed by atoms with van der Waals surface area (Å²) in [5.74, 6) is 1.46. The van der Waals surface area contributed by atoms with Crippen LogP contribution < -0.4 is 0 Å². The normalized spacial score (nSPS) is 10.9. The summed E-state index contributed by atoms with van der Waals surface area (Å²) in [6, 6.07) is 4.20. The Kier molecular flexibility index (Phi) is 4.35. The van der Waals surface area contributed by atoms with E-state index in [1.165, 1.54) is 8.66 Å². The highest BCUT2D eigenvalue weighted by molar-refractivity contribution is 9.11. The van der Waals surface area contributed by atoms with Gasteiger partial charge in [0.15, 0.2) is 5.16 Å². The first-order valence-electron chi connectivity index (χ1n) is 4.64. The molecule has 0 unspecified atom stereocenters. The van der Waals surface area contributed by atoms with Gasteiger partial charge in [0.05, 0.1) is 21.6 Å². The number of nitrogens with zero attached hydrogens (tertiary/aromatic N) is 2. The van der Waals surface area contributed by atoms with Crippen molar-refractivity contribution in [2.45, 2.75) is 16.8 Å². The molecule has 0 aliphatic rings. The lowest BCUT2D eigenvalue weighted by atomic mass is 10.5. The topological polar surface area (TPSA) is 17.8 Å². The molecule has 2 rings (SSSR count). The molecule has 0 saturated carbocycles. The van der Waals surface area contributed by atoms with E-state index < -0.39 is 0 Å². The zero-order valence-corrected chi connectivity index (χ0v) is 12.6. The van der Waals surface area contributed by atoms with Gasteiger partial charge in [-0.2, -0.15) is 0 Å². The van der Waals surface area contributed by atoms with Crippen LogP contribution in [0, 0.1) is 0 Å². The molecule has 2 nitrogen and oxygen atoms in total. The van der Waals surface area contributed by atoms with Crippen molar-refractivity contribution in [1.29, 1.82) is 0 Å². The first-order valence-corrected chi connectivity index (χ1v) is 7.77. The largest absolute Gasteiger partial charge is 0.325 e. The molecule has 0 N–H and O–H groups in total. The zero-order chi connectivity index (χ0) is 11.5. The summed E-state index contributed by atoms with van der Waals surface area (Å²) >= 11 is 12.7. The lowest BCUT2D eigenvalue weighted by Crippen LogP contribution is -1.95. The van der Waals surface area contributed by atoms with Crippen molar-refractivity contribution >= 4 is 50.6 Å². The third kappa shape index (κ3) is 2.83. The second kappa shape index (κ2) is 5.58. The molecule has 2 aromatic rings. The molecule has 86 valence electrons. The van der Waals surface area contributed by atoms with Crippen molar-refractivity contribution in [2.75, 3.05) is 0 Å². The molecule has 0 fully saturated rings. The summed E-state index contributed by atoms with van der Waals surface area (Å²) in [7, 11) is 2.00. The van der Waals surface area contributed by atoms with Gasteiger partial charge in [0.2, 0.25) is 0 Å². The molecule has 0 atom stereocenters. The number of halogens is 2. The molecule has 6 heteroatoms. The summed E-state index contributed by atoms with van der Waals surface area (Å²) in [5, 5.41) is 1.01. The summed E-state index contributed by atoms with van der Waals surface area (Å²) in [6.45, 7) is 0. The smallest absolute Gasteiger partial charge is 0.168 e. The predicted molar refractivity (Wildman–Crippen MR) is 74.3 cm³/mol. The lowest BCUT2D eigenvalue weighted by Gasteiger charge is -2.02. The van der Waals surface area contributed by atoms with E-state index in [0.717, 1.165) is 16.6 Å². The van der Waals surface area contributed by atoms with E-state index in [4.69, 9.17) is 11.6 Å². The van der Waals surface area contributed by atoms with Gasteiger partial charge in [0.1, 0.15) is 0 Å². The highest BCUT2D eigenvalue weighted by atomic mass is 79.9. The standard InChI is InChI=1S/C10H10BrClN2S2/c1-14-7(4-12)5-13-10(14)15-6-8-2-3-9(11)16-8/h2-3,5H,4,6H2,1H3. The number of rotatable bonds is 4. The van der Waals surface area contributed by atoms with Crippen LogP contribution >= 0.6 is 50.6 Å². The van der Waals surface area contributed by atoms with E-state index in [1.54, 1.807) is 23.1 Å². The molecular weight excluding hydrogens is 328 g/mol. The Morgan fingerprint density at radius 1 is 1.56 bits per heavy atom. The van der Waals surface area contributed by atoms with Crippen molar-refractivity contribution < 1.29 is 0 Å². The Hall–Kier alpha value is 0.0300. The molecule has 0 aliphatic carbocycles. The third-order valence-electron chi connectivity index (χ3n) is 2.15. The highest BCUT2D eigenvalue weighted by Crippen LogP contribution is 2.28. The first kappa shape index (κ1) is 12.5. The SMILES string of the molecule is Cn1c(CCl)cnc1SCc1ccc(Br)s1. The van der Waals surface area contributed by atoms with Gasteiger partial charge in [-0.05, 0) is 28.1 Å². The number of aromatic nitrogens is 2. The minimum atomic E-state index is 0.509. The summed E-state index contributed by atoms with van der Waals surface area (Å²) < 4.78 is 3.21. The number of thiophene rings is 1. The monoisotopic (exact) mass is 336 g/mol. The Morgan fingerprint density at radius 3 is 2.94 bits per heavy atom. The maximum atomic E-state index is 5.79. The van der Waals surface area contributed by atoms with Crippen LogP contribution in [0.5, 0.6) is 0 Å². The average molecular weight is 338 g/mol. The van der Waals surface area contributed by atoms with Crippen molar-refractivity contribution in [1.82, 2.24) is 9.55 Å². The van der Waals surface area contributed by atoms with Crippen LogP contribution in [-0.4, -0.2) is 9.55 Å². The van der Waals surface area contributed by atoms with Crippen LogP contribution in [0.3, 0.4) is 0 Å². The minimum Gasteiger partial charge on any atom is -0.325 e. The molecule has 0 saturated heterocycles. The minimum absolute atomic E-state index is 0.509. The molecular formula is C10H10BrClN2S2. The van der Waals surface area contributed by atoms with E-state index in [1.807, 2.05) is 17.8 Å². The Morgan fingerprint density at radius 2 is 2.38 bits per heavy atom. The highest BCUT2D eigenvalue weighted by Gasteiger charge is 2.07. The van der Waals surface area contributed by atoms with Crippen molar-refractivity contribution in [2.24, 2.45) is 7.05 Å². The number of imidazole rings is 1. The maximum Gasteiger partial charge on any atom is 0.168 e. The number of hydrogen-bond donors (Lipinski definition) is 0. The molecule has 0 aliphatic heterocycles. The van der Waals surface area contributed by atoms with Crippen molar-refractivity contribution in [3.8, 4) is 0 Å². The molecule has 0 spiro atoms. The van der Waals surface area contributed by atoms with Crippen LogP contribution in [0.15, 0.2) is 27.3 Å². The molecule has 0 amide bonds. The van der Waals surface area contributed by atoms with Gasteiger partial charge >= 0.3 is 0 Å². The zero-order valence-electron chi connectivity index (χ0n) is 8.61. The molecule has 2 aromatic heterocycles. The fraction of sp³-hybridized carbons (Fsp3) is 0.300. The van der Waals surface area contributed by atoms with Gasteiger partial charge in [-0.1, -0.05) is 11.8 Å². The van der Waals surface area contributed by atoms with Gasteiger partial charge in [-0.25, -0.2) is 4.98 Å². The molecule has 16 heavy (non-hydrogen) atoms. The molecule has 0 aromatic carbocycles. The first-order chi connectivity index (χ1) is 7.70. The third-order valence-corrected chi connectivity index (χ3v) is 5.32. The van der Waals surface area contributed by atoms with E-state index in [-0.39, 0.29) is 0 Å². The molecule has 2 heterocycles. The lowest BCUT2D eigenvalue weighted by molar-refractivity contribution is 0.761. The Balaban J connectivity index is 2.02. The van der Waals surface area contributed by atoms with Crippen LogP contribution in [0.4, 0.5) is 0 Å². The van der Waals surface area contributed by atoms with Crippen LogP contribution in [0.25, 0.3) is 0 Å². The van der Waals surface area contributed by atoms with Crippen LogP contribution in [0.2, 0.25) is 0 Å². The second-order valence-corrected chi connectivity index (χ2v) is 6.98. The van der Waals surface area contributed by atoms with Gasteiger partial charge in [0.25, 0.3) is 0 Å². The van der Waals surface area contributed by atoms with E-state index in [0.29, 0.717) is 5.88 Å². The quantitative estimate of drug-likeness (QED) is 0.612. The summed E-state index contributed by atoms with van der Waals surface area (Å²) in [5.41, 5.74) is 1.05. The maximum absolute atomic E-state index is 5.79. The average Bonchev–Trinajstić information content (AvgIpc) is 2.83. The van der Waals surface area contributed by atoms with E-state index in [2.05, 4.69) is 33.0 Å². The summed E-state index contributed by atoms with van der Waals surface area (Å²) in [6.07, 6.45) is 1.83. The van der Waals surface area contributed by atoms with Crippen molar-refractivity contribution in [3.05, 3.63) is 32.7 Å². The van der Waals surface area contributed by atoms with Crippen LogP contribution in [-0.2, 0) is 18.7 Å². The summed E-state index contributed by atoms with van der Waals surface area (Å²) in [4.78, 5) is 5.68. The van der Waals surface area contributed by atoms with E-state index in [9.17, 15) is 0 Å². The van der Waals surface area contributed by atoms with Gasteiger partial charge < -0.3 is 4.57 Å². The van der Waals surface area contributed by atoms with Gasteiger partial charge in [-0.3, -0.25) is 0 Å². The number of hydrogen-bond acceptors (Lipinski definition) is 3. The van der Waals surface area contributed by atoms with Gasteiger partial charge in [-0.15, -0.1) is 22.9 Å². The van der Waals surface area contributed by atoms with E-state index >= 15 is 0 Å². The van der Waals surface area contributed by atoms with Crippen LogP contribution in [0.1, 0.15) is 10.6 Å². The fourth-order valence-corrected chi connectivity index (χ4v) is 3.99. The number of thioether (sulfide) groups is 1. The Labute approximate surface area is 116 Å².